The van der Waals surface area contributed by atoms with Crippen molar-refractivity contribution in [3.63, 3.8) is 0 Å². The monoisotopic (exact) mass is 338 g/mol. The van der Waals surface area contributed by atoms with Gasteiger partial charge in [0, 0.05) is 18.3 Å². The van der Waals surface area contributed by atoms with E-state index in [0.717, 1.165) is 19.3 Å². The number of ketones is 2. The van der Waals surface area contributed by atoms with Crippen molar-refractivity contribution in [3.05, 3.63) is 0 Å². The fourth-order valence-electron chi connectivity index (χ4n) is 3.19. The average molecular weight is 339 g/mol. The van der Waals surface area contributed by atoms with E-state index in [1.807, 2.05) is 13.8 Å². The summed E-state index contributed by atoms with van der Waals surface area (Å²) in [5, 5.41) is 0. The van der Waals surface area contributed by atoms with Gasteiger partial charge in [0.05, 0.1) is 0 Å². The zero-order chi connectivity index (χ0) is 18.3. The second-order valence-electron chi connectivity index (χ2n) is 7.82. The van der Waals surface area contributed by atoms with Crippen LogP contribution in [-0.4, -0.2) is 11.6 Å². The van der Waals surface area contributed by atoms with Crippen molar-refractivity contribution in [2.75, 3.05) is 0 Å². The lowest BCUT2D eigenvalue weighted by Gasteiger charge is -2.23. The molecule has 0 bridgehead atoms. The van der Waals surface area contributed by atoms with E-state index in [-0.39, 0.29) is 11.6 Å². The van der Waals surface area contributed by atoms with E-state index in [0.29, 0.717) is 12.8 Å². The first kappa shape index (κ1) is 23.3. The van der Waals surface area contributed by atoms with E-state index in [2.05, 4.69) is 6.92 Å². The Kier molecular flexibility index (Phi) is 14.3. The second-order valence-corrected chi connectivity index (χ2v) is 7.82. The number of carbonyl (C=O) groups is 2. The minimum atomic E-state index is -0.436. The molecule has 0 saturated carbocycles. The molecule has 0 spiro atoms. The van der Waals surface area contributed by atoms with Gasteiger partial charge in [0.25, 0.3) is 0 Å². The largest absolute Gasteiger partial charge is 0.300 e. The standard InChI is InChI=1S/C22H42O2/c1-5-7-8-9-10-11-12-13-14-15-16-17-18-21(24)19-22(4,6-2)20(3)23/h5-19H2,1-4H3. The molecule has 0 saturated heterocycles. The Balaban J connectivity index is 3.47. The van der Waals surface area contributed by atoms with E-state index in [4.69, 9.17) is 0 Å². The fraction of sp³-hybridized carbons (Fsp3) is 0.909. The molecule has 142 valence electrons. The van der Waals surface area contributed by atoms with Crippen molar-refractivity contribution in [2.45, 2.75) is 124 Å². The van der Waals surface area contributed by atoms with Crippen LogP contribution in [0.5, 0.6) is 0 Å². The van der Waals surface area contributed by atoms with Crippen LogP contribution in [0.15, 0.2) is 0 Å². The lowest BCUT2D eigenvalue weighted by molar-refractivity contribution is -0.131. The summed E-state index contributed by atoms with van der Waals surface area (Å²) in [6, 6.07) is 0. The summed E-state index contributed by atoms with van der Waals surface area (Å²) in [5.41, 5.74) is -0.436. The Morgan fingerprint density at radius 3 is 1.50 bits per heavy atom. The van der Waals surface area contributed by atoms with Gasteiger partial charge in [-0.1, -0.05) is 91.4 Å². The molecule has 1 atom stereocenters. The van der Waals surface area contributed by atoms with Crippen LogP contribution in [0, 0.1) is 5.41 Å². The van der Waals surface area contributed by atoms with Gasteiger partial charge in [-0.25, -0.2) is 0 Å². The summed E-state index contributed by atoms with van der Waals surface area (Å²) in [4.78, 5) is 23.7. The van der Waals surface area contributed by atoms with Crippen molar-refractivity contribution in [2.24, 2.45) is 5.41 Å². The van der Waals surface area contributed by atoms with Crippen LogP contribution in [-0.2, 0) is 9.59 Å². The Morgan fingerprint density at radius 1 is 0.708 bits per heavy atom. The van der Waals surface area contributed by atoms with E-state index in [9.17, 15) is 9.59 Å². The quantitative estimate of drug-likeness (QED) is 0.266. The molecular weight excluding hydrogens is 296 g/mol. The first-order chi connectivity index (χ1) is 11.5. The van der Waals surface area contributed by atoms with Gasteiger partial charge in [0.1, 0.15) is 11.6 Å². The molecule has 2 nitrogen and oxygen atoms in total. The zero-order valence-electron chi connectivity index (χ0n) is 16.9. The summed E-state index contributed by atoms with van der Waals surface area (Å²) in [6.45, 7) is 7.80. The van der Waals surface area contributed by atoms with E-state index < -0.39 is 5.41 Å². The highest BCUT2D eigenvalue weighted by Crippen LogP contribution is 2.28. The lowest BCUT2D eigenvalue weighted by Crippen LogP contribution is -2.27. The lowest BCUT2D eigenvalue weighted by atomic mass is 9.78. The van der Waals surface area contributed by atoms with Crippen LogP contribution in [0.2, 0.25) is 0 Å². The highest BCUT2D eigenvalue weighted by Gasteiger charge is 2.29. The van der Waals surface area contributed by atoms with Gasteiger partial charge in [-0.3, -0.25) is 9.59 Å². The van der Waals surface area contributed by atoms with Crippen molar-refractivity contribution in [1.82, 2.24) is 0 Å². The maximum absolute atomic E-state index is 12.1. The zero-order valence-corrected chi connectivity index (χ0v) is 16.9. The maximum atomic E-state index is 12.1. The van der Waals surface area contributed by atoms with Gasteiger partial charge < -0.3 is 0 Å². The Morgan fingerprint density at radius 2 is 1.12 bits per heavy atom. The highest BCUT2D eigenvalue weighted by atomic mass is 16.1. The van der Waals surface area contributed by atoms with Gasteiger partial charge >= 0.3 is 0 Å². The topological polar surface area (TPSA) is 34.1 Å². The number of hydrogen-bond donors (Lipinski definition) is 0. The number of unbranched alkanes of at least 4 members (excludes halogenated alkanes) is 11. The molecule has 0 aliphatic rings. The molecule has 0 aromatic heterocycles. The predicted octanol–water partition coefficient (Wildman–Crippen LogP) is 7.04. The summed E-state index contributed by atoms with van der Waals surface area (Å²) in [6.07, 6.45) is 17.6. The summed E-state index contributed by atoms with van der Waals surface area (Å²) >= 11 is 0. The number of hydrogen-bond acceptors (Lipinski definition) is 2. The Labute approximate surface area is 151 Å². The highest BCUT2D eigenvalue weighted by molar-refractivity contribution is 5.89. The van der Waals surface area contributed by atoms with Crippen molar-refractivity contribution in [3.8, 4) is 0 Å². The Hall–Kier alpha value is -0.660. The molecule has 1 unspecified atom stereocenters. The van der Waals surface area contributed by atoms with Gasteiger partial charge in [0.15, 0.2) is 0 Å². The first-order valence-electron chi connectivity index (χ1n) is 10.5. The van der Waals surface area contributed by atoms with Crippen LogP contribution in [0.25, 0.3) is 0 Å². The molecule has 24 heavy (non-hydrogen) atoms. The van der Waals surface area contributed by atoms with E-state index in [1.54, 1.807) is 6.92 Å². The molecule has 0 radical (unpaired) electrons. The molecule has 0 amide bonds. The van der Waals surface area contributed by atoms with Crippen LogP contribution >= 0.6 is 0 Å². The van der Waals surface area contributed by atoms with Gasteiger partial charge in [0.2, 0.25) is 0 Å². The number of rotatable bonds is 17. The van der Waals surface area contributed by atoms with Crippen LogP contribution < -0.4 is 0 Å². The smallest absolute Gasteiger partial charge is 0.136 e. The molecule has 0 aliphatic carbocycles. The van der Waals surface area contributed by atoms with E-state index in [1.165, 1.54) is 64.2 Å². The predicted molar refractivity (Wildman–Crippen MR) is 104 cm³/mol. The van der Waals surface area contributed by atoms with E-state index >= 15 is 0 Å². The van der Waals surface area contributed by atoms with Crippen molar-refractivity contribution >= 4 is 11.6 Å². The third-order valence-electron chi connectivity index (χ3n) is 5.53. The maximum Gasteiger partial charge on any atom is 0.136 e. The molecule has 0 heterocycles. The normalized spacial score (nSPS) is 13.7. The van der Waals surface area contributed by atoms with Crippen LogP contribution in [0.3, 0.4) is 0 Å². The summed E-state index contributed by atoms with van der Waals surface area (Å²) < 4.78 is 0. The van der Waals surface area contributed by atoms with Crippen LogP contribution in [0.4, 0.5) is 0 Å². The van der Waals surface area contributed by atoms with Gasteiger partial charge in [-0.2, -0.15) is 0 Å². The molecular formula is C22H42O2. The summed E-state index contributed by atoms with van der Waals surface area (Å²) in [7, 11) is 0. The SMILES string of the molecule is CCCCCCCCCCCCCCC(=O)CC(C)(CC)C(C)=O. The first-order valence-corrected chi connectivity index (χ1v) is 10.5. The Bertz CT molecular complexity index is 335. The molecule has 2 heteroatoms. The van der Waals surface area contributed by atoms with Gasteiger partial charge in [-0.15, -0.1) is 0 Å². The number of carbonyl (C=O) groups excluding carboxylic acids is 2. The molecule has 0 rings (SSSR count). The summed E-state index contributed by atoms with van der Waals surface area (Å²) in [5.74, 6) is 0.412. The van der Waals surface area contributed by atoms with Crippen molar-refractivity contribution in [1.29, 1.82) is 0 Å². The average Bonchev–Trinajstić information content (AvgIpc) is 2.55. The minimum absolute atomic E-state index is 0.146. The molecule has 0 aliphatic heterocycles. The fourth-order valence-corrected chi connectivity index (χ4v) is 3.19. The molecule has 0 fully saturated rings. The molecule has 0 aromatic carbocycles. The third-order valence-corrected chi connectivity index (χ3v) is 5.53. The molecule has 0 aromatic rings. The third kappa shape index (κ3) is 11.8. The molecule has 0 N–H and O–H groups in total. The second kappa shape index (κ2) is 14.7. The van der Waals surface area contributed by atoms with Gasteiger partial charge in [-0.05, 0) is 19.8 Å². The number of Topliss-reactive ketones (excluding diaryl/α,β-unsaturated/α-hetero) is 2. The van der Waals surface area contributed by atoms with Crippen LogP contribution in [0.1, 0.15) is 124 Å². The van der Waals surface area contributed by atoms with Crippen molar-refractivity contribution < 1.29 is 9.59 Å². The minimum Gasteiger partial charge on any atom is -0.300 e.